The SMILES string of the molecule is Cc1ccc(N(C(=O)CCCC(=O)Nc2ccccn2)[C@@H](C(=O)NC2CCCCC2)c2ccc(F)cc2)cc1C. The molecule has 0 saturated heterocycles. The molecule has 2 aromatic carbocycles. The van der Waals surface area contributed by atoms with Gasteiger partial charge < -0.3 is 10.6 Å². The minimum Gasteiger partial charge on any atom is -0.351 e. The third kappa shape index (κ3) is 7.74. The van der Waals surface area contributed by atoms with Crippen LogP contribution in [0.2, 0.25) is 0 Å². The maximum Gasteiger partial charge on any atom is 0.248 e. The van der Waals surface area contributed by atoms with Crippen molar-refractivity contribution in [3.63, 3.8) is 0 Å². The van der Waals surface area contributed by atoms with Crippen LogP contribution in [0, 0.1) is 19.7 Å². The molecule has 3 aromatic rings. The highest BCUT2D eigenvalue weighted by Crippen LogP contribution is 2.31. The molecule has 210 valence electrons. The van der Waals surface area contributed by atoms with Gasteiger partial charge in [0.05, 0.1) is 0 Å². The summed E-state index contributed by atoms with van der Waals surface area (Å²) in [5.74, 6) is -0.793. The Labute approximate surface area is 235 Å². The lowest BCUT2D eigenvalue weighted by atomic mass is 9.94. The highest BCUT2D eigenvalue weighted by atomic mass is 19.1. The maximum atomic E-state index is 13.9. The molecule has 8 heteroatoms. The first kappa shape index (κ1) is 28.9. The summed E-state index contributed by atoms with van der Waals surface area (Å²) in [6.07, 6.45) is 7.09. The number of aromatic nitrogens is 1. The van der Waals surface area contributed by atoms with E-state index in [4.69, 9.17) is 0 Å². The fourth-order valence-electron chi connectivity index (χ4n) is 5.06. The molecule has 1 saturated carbocycles. The summed E-state index contributed by atoms with van der Waals surface area (Å²) in [5.41, 5.74) is 3.15. The van der Waals surface area contributed by atoms with Crippen molar-refractivity contribution >= 4 is 29.2 Å². The zero-order chi connectivity index (χ0) is 28.5. The van der Waals surface area contributed by atoms with E-state index in [-0.39, 0.29) is 36.6 Å². The molecule has 0 aliphatic heterocycles. The number of hydrogen-bond donors (Lipinski definition) is 2. The van der Waals surface area contributed by atoms with Crippen molar-refractivity contribution in [1.29, 1.82) is 0 Å². The first-order valence-corrected chi connectivity index (χ1v) is 14.0. The van der Waals surface area contributed by atoms with Crippen LogP contribution in [0.4, 0.5) is 15.9 Å². The van der Waals surface area contributed by atoms with Crippen LogP contribution in [0.15, 0.2) is 66.9 Å². The molecule has 4 rings (SSSR count). The number of nitrogens with zero attached hydrogens (tertiary/aromatic N) is 2. The molecule has 1 aliphatic rings. The predicted octanol–water partition coefficient (Wildman–Crippen LogP) is 6.17. The Balaban J connectivity index is 1.59. The summed E-state index contributed by atoms with van der Waals surface area (Å²) < 4.78 is 13.9. The zero-order valence-electron chi connectivity index (χ0n) is 23.2. The van der Waals surface area contributed by atoms with Crippen LogP contribution in [0.1, 0.15) is 74.1 Å². The second kappa shape index (κ2) is 13.8. The van der Waals surface area contributed by atoms with Crippen LogP contribution < -0.4 is 15.5 Å². The van der Waals surface area contributed by atoms with Gasteiger partial charge >= 0.3 is 0 Å². The van der Waals surface area contributed by atoms with Crippen molar-refractivity contribution in [2.45, 2.75) is 77.3 Å². The number of amides is 3. The fourth-order valence-corrected chi connectivity index (χ4v) is 5.06. The number of hydrogen-bond acceptors (Lipinski definition) is 4. The number of nitrogens with one attached hydrogen (secondary N) is 2. The number of rotatable bonds is 10. The quantitative estimate of drug-likeness (QED) is 0.319. The summed E-state index contributed by atoms with van der Waals surface area (Å²) in [5, 5.41) is 5.90. The number of pyridine rings is 1. The smallest absolute Gasteiger partial charge is 0.248 e. The third-order valence-corrected chi connectivity index (χ3v) is 7.41. The number of benzene rings is 2. The number of carbonyl (C=O) groups excluding carboxylic acids is 3. The van der Waals surface area contributed by atoms with Gasteiger partial charge in [0.2, 0.25) is 17.7 Å². The molecule has 1 fully saturated rings. The van der Waals surface area contributed by atoms with E-state index in [1.165, 1.54) is 17.0 Å². The number of halogens is 1. The van der Waals surface area contributed by atoms with E-state index < -0.39 is 11.9 Å². The average molecular weight is 545 g/mol. The van der Waals surface area contributed by atoms with Crippen molar-refractivity contribution in [3.8, 4) is 0 Å². The lowest BCUT2D eigenvalue weighted by Crippen LogP contribution is -2.47. The van der Waals surface area contributed by atoms with Crippen molar-refractivity contribution in [2.24, 2.45) is 0 Å². The van der Waals surface area contributed by atoms with Crippen molar-refractivity contribution in [2.75, 3.05) is 10.2 Å². The van der Waals surface area contributed by atoms with Gasteiger partial charge in [0, 0.05) is 30.8 Å². The van der Waals surface area contributed by atoms with Gasteiger partial charge in [-0.2, -0.15) is 0 Å². The Bertz CT molecular complexity index is 1310. The predicted molar refractivity (Wildman–Crippen MR) is 154 cm³/mol. The number of carbonyl (C=O) groups is 3. The van der Waals surface area contributed by atoms with Crippen molar-refractivity contribution in [1.82, 2.24) is 10.3 Å². The second-order valence-corrected chi connectivity index (χ2v) is 10.4. The highest BCUT2D eigenvalue weighted by molar-refractivity contribution is 6.01. The molecule has 2 N–H and O–H groups in total. The molecule has 1 atom stereocenters. The molecule has 0 bridgehead atoms. The van der Waals surface area contributed by atoms with E-state index in [0.29, 0.717) is 23.5 Å². The second-order valence-electron chi connectivity index (χ2n) is 10.4. The summed E-state index contributed by atoms with van der Waals surface area (Å²) in [4.78, 5) is 45.8. The van der Waals surface area contributed by atoms with Gasteiger partial charge in [0.1, 0.15) is 17.7 Å². The summed E-state index contributed by atoms with van der Waals surface area (Å²) in [6.45, 7) is 3.94. The first-order chi connectivity index (χ1) is 19.3. The van der Waals surface area contributed by atoms with Crippen LogP contribution in [0.5, 0.6) is 0 Å². The minimum atomic E-state index is -0.987. The molecule has 0 spiro atoms. The maximum absolute atomic E-state index is 13.9. The van der Waals surface area contributed by atoms with Gasteiger partial charge in [-0.05, 0) is 86.2 Å². The lowest BCUT2D eigenvalue weighted by Gasteiger charge is -2.34. The summed E-state index contributed by atoms with van der Waals surface area (Å²) in [7, 11) is 0. The monoisotopic (exact) mass is 544 g/mol. The largest absolute Gasteiger partial charge is 0.351 e. The Morgan fingerprint density at radius 1 is 0.950 bits per heavy atom. The molecule has 40 heavy (non-hydrogen) atoms. The van der Waals surface area contributed by atoms with Gasteiger partial charge in [-0.25, -0.2) is 9.37 Å². The molecule has 1 aromatic heterocycles. The van der Waals surface area contributed by atoms with Gasteiger partial charge in [-0.15, -0.1) is 0 Å². The molecule has 1 heterocycles. The van der Waals surface area contributed by atoms with Crippen LogP contribution in [-0.2, 0) is 14.4 Å². The van der Waals surface area contributed by atoms with Gasteiger partial charge in [-0.3, -0.25) is 19.3 Å². The van der Waals surface area contributed by atoms with E-state index in [1.807, 2.05) is 32.0 Å². The highest BCUT2D eigenvalue weighted by Gasteiger charge is 2.34. The fraction of sp³-hybridized carbons (Fsp3) is 0.375. The van der Waals surface area contributed by atoms with E-state index in [9.17, 15) is 18.8 Å². The molecule has 0 unspecified atom stereocenters. The Hall–Kier alpha value is -4.07. The molecule has 1 aliphatic carbocycles. The van der Waals surface area contributed by atoms with Crippen LogP contribution in [0.25, 0.3) is 0 Å². The minimum absolute atomic E-state index is 0.0381. The van der Waals surface area contributed by atoms with Crippen LogP contribution in [-0.4, -0.2) is 28.7 Å². The number of aryl methyl sites for hydroxylation is 2. The van der Waals surface area contributed by atoms with E-state index in [2.05, 4.69) is 15.6 Å². The van der Waals surface area contributed by atoms with Gasteiger partial charge in [-0.1, -0.05) is 43.5 Å². The van der Waals surface area contributed by atoms with E-state index >= 15 is 0 Å². The van der Waals surface area contributed by atoms with Crippen molar-refractivity contribution < 1.29 is 18.8 Å². The van der Waals surface area contributed by atoms with E-state index in [0.717, 1.165) is 43.2 Å². The molecular formula is C32H37FN4O3. The lowest BCUT2D eigenvalue weighted by molar-refractivity contribution is -0.127. The van der Waals surface area contributed by atoms with Gasteiger partial charge in [0.15, 0.2) is 0 Å². The molecule has 3 amide bonds. The van der Waals surface area contributed by atoms with Gasteiger partial charge in [0.25, 0.3) is 0 Å². The Kier molecular flexibility index (Phi) is 10.00. The molecular weight excluding hydrogens is 507 g/mol. The standard InChI is InChI=1S/C32H37FN4O3/c1-22-14-19-27(21-23(22)2)37(30(39)13-8-12-29(38)36-28-11-6-7-20-34-28)31(24-15-17-25(33)18-16-24)32(40)35-26-9-4-3-5-10-26/h6-7,11,14-21,26,31H,3-5,8-10,12-13H2,1-2H3,(H,35,40)(H,34,36,38)/t31-/m1/s1. The van der Waals surface area contributed by atoms with Crippen molar-refractivity contribution in [3.05, 3.63) is 89.4 Å². The normalized spacial score (nSPS) is 14.3. The van der Waals surface area contributed by atoms with Crippen LogP contribution in [0.3, 0.4) is 0 Å². The summed E-state index contributed by atoms with van der Waals surface area (Å²) >= 11 is 0. The third-order valence-electron chi connectivity index (χ3n) is 7.41. The number of anilines is 2. The molecule has 0 radical (unpaired) electrons. The Morgan fingerprint density at radius 2 is 1.70 bits per heavy atom. The van der Waals surface area contributed by atoms with E-state index in [1.54, 1.807) is 36.5 Å². The first-order valence-electron chi connectivity index (χ1n) is 14.0. The molecule has 7 nitrogen and oxygen atoms in total. The summed E-state index contributed by atoms with van der Waals surface area (Å²) in [6, 6.07) is 15.7. The Morgan fingerprint density at radius 3 is 2.38 bits per heavy atom. The van der Waals surface area contributed by atoms with Crippen LogP contribution >= 0.6 is 0 Å². The average Bonchev–Trinajstić information content (AvgIpc) is 2.95. The zero-order valence-corrected chi connectivity index (χ0v) is 23.2. The topological polar surface area (TPSA) is 91.4 Å².